The van der Waals surface area contributed by atoms with Gasteiger partial charge in [-0.2, -0.15) is 0 Å². The molecule has 0 saturated heterocycles. The van der Waals surface area contributed by atoms with Gasteiger partial charge >= 0.3 is 0 Å². The van der Waals surface area contributed by atoms with Crippen LogP contribution in [-0.2, 0) is 6.42 Å². The second kappa shape index (κ2) is 6.08. The van der Waals surface area contributed by atoms with E-state index in [2.05, 4.69) is 20.7 Å². The summed E-state index contributed by atoms with van der Waals surface area (Å²) in [4.78, 5) is 20.9. The van der Waals surface area contributed by atoms with E-state index in [1.54, 1.807) is 11.3 Å². The molecule has 0 radical (unpaired) electrons. The zero-order valence-corrected chi connectivity index (χ0v) is 10.4. The molecule has 0 aliphatic carbocycles. The van der Waals surface area contributed by atoms with Gasteiger partial charge in [-0.25, -0.2) is 10.8 Å². The van der Waals surface area contributed by atoms with Gasteiger partial charge in [-0.15, -0.1) is 11.3 Å². The van der Waals surface area contributed by atoms with Crippen molar-refractivity contribution in [2.24, 2.45) is 5.84 Å². The van der Waals surface area contributed by atoms with Crippen molar-refractivity contribution in [1.29, 1.82) is 0 Å². The molecule has 0 fully saturated rings. The summed E-state index contributed by atoms with van der Waals surface area (Å²) < 4.78 is 0. The first kappa shape index (κ1) is 12.5. The van der Waals surface area contributed by atoms with E-state index in [0.717, 1.165) is 6.42 Å². The average molecular weight is 263 g/mol. The van der Waals surface area contributed by atoms with Gasteiger partial charge in [0.05, 0.1) is 12.4 Å². The van der Waals surface area contributed by atoms with Crippen LogP contribution < -0.4 is 16.6 Å². The average Bonchev–Trinajstić information content (AvgIpc) is 2.92. The van der Waals surface area contributed by atoms with Gasteiger partial charge in [-0.3, -0.25) is 9.78 Å². The molecule has 1 amide bonds. The highest BCUT2D eigenvalue weighted by molar-refractivity contribution is 7.09. The van der Waals surface area contributed by atoms with E-state index in [4.69, 9.17) is 5.84 Å². The number of rotatable bonds is 5. The van der Waals surface area contributed by atoms with Crippen molar-refractivity contribution < 1.29 is 4.79 Å². The van der Waals surface area contributed by atoms with E-state index in [1.807, 2.05) is 17.5 Å². The van der Waals surface area contributed by atoms with Crippen molar-refractivity contribution in [2.75, 3.05) is 12.0 Å². The molecular formula is C11H13N5OS. The molecule has 0 spiro atoms. The minimum Gasteiger partial charge on any atom is -0.350 e. The van der Waals surface area contributed by atoms with Crippen LogP contribution in [0.4, 0.5) is 5.82 Å². The molecule has 0 unspecified atom stereocenters. The molecule has 0 bridgehead atoms. The van der Waals surface area contributed by atoms with Crippen LogP contribution >= 0.6 is 11.3 Å². The van der Waals surface area contributed by atoms with Crippen molar-refractivity contribution in [3.05, 3.63) is 40.5 Å². The van der Waals surface area contributed by atoms with E-state index in [1.165, 1.54) is 17.3 Å². The second-order valence-corrected chi connectivity index (χ2v) is 4.55. The Morgan fingerprint density at radius 1 is 1.44 bits per heavy atom. The van der Waals surface area contributed by atoms with Crippen LogP contribution in [0.1, 0.15) is 15.4 Å². The minimum absolute atomic E-state index is 0.247. The number of hydrogen-bond donors (Lipinski definition) is 3. The Hall–Kier alpha value is -1.99. The maximum Gasteiger partial charge on any atom is 0.271 e. The van der Waals surface area contributed by atoms with Gasteiger partial charge in [-0.05, 0) is 17.9 Å². The first-order valence-electron chi connectivity index (χ1n) is 5.39. The molecule has 2 aromatic heterocycles. The van der Waals surface area contributed by atoms with E-state index in [0.29, 0.717) is 12.4 Å². The van der Waals surface area contributed by atoms with E-state index in [9.17, 15) is 4.79 Å². The van der Waals surface area contributed by atoms with E-state index < -0.39 is 0 Å². The van der Waals surface area contributed by atoms with Crippen LogP contribution in [-0.4, -0.2) is 22.4 Å². The predicted molar refractivity (Wildman–Crippen MR) is 70.2 cm³/mol. The van der Waals surface area contributed by atoms with Crippen LogP contribution in [0, 0.1) is 0 Å². The minimum atomic E-state index is -0.254. The molecule has 0 aliphatic heterocycles. The molecule has 2 aromatic rings. The first-order valence-corrected chi connectivity index (χ1v) is 6.27. The fraction of sp³-hybridized carbons (Fsp3) is 0.182. The summed E-state index contributed by atoms with van der Waals surface area (Å²) in [6.07, 6.45) is 3.66. The number of anilines is 1. The number of nitrogen functional groups attached to an aromatic ring is 1. The van der Waals surface area contributed by atoms with Gasteiger partial charge in [0.2, 0.25) is 0 Å². The largest absolute Gasteiger partial charge is 0.350 e. The number of aromatic nitrogens is 2. The van der Waals surface area contributed by atoms with Crippen molar-refractivity contribution in [3.8, 4) is 0 Å². The fourth-order valence-corrected chi connectivity index (χ4v) is 2.10. The lowest BCUT2D eigenvalue weighted by molar-refractivity contribution is 0.0949. The molecular weight excluding hydrogens is 250 g/mol. The van der Waals surface area contributed by atoms with Crippen molar-refractivity contribution >= 4 is 23.1 Å². The SMILES string of the molecule is NNc1cncc(C(=O)NCCc2cccs2)n1. The lowest BCUT2D eigenvalue weighted by Crippen LogP contribution is -2.27. The summed E-state index contributed by atoms with van der Waals surface area (Å²) in [5.41, 5.74) is 2.60. The summed E-state index contributed by atoms with van der Waals surface area (Å²) in [6.45, 7) is 0.571. The van der Waals surface area contributed by atoms with E-state index in [-0.39, 0.29) is 11.6 Å². The van der Waals surface area contributed by atoms with Gasteiger partial charge in [0.15, 0.2) is 5.82 Å². The normalized spacial score (nSPS) is 10.1. The number of nitrogens with two attached hydrogens (primary N) is 1. The Balaban J connectivity index is 1.87. The highest BCUT2D eigenvalue weighted by Gasteiger charge is 2.07. The Labute approximate surface area is 108 Å². The van der Waals surface area contributed by atoms with E-state index >= 15 is 0 Å². The summed E-state index contributed by atoms with van der Waals surface area (Å²) in [5.74, 6) is 5.31. The molecule has 0 aliphatic rings. The van der Waals surface area contributed by atoms with Crippen molar-refractivity contribution in [2.45, 2.75) is 6.42 Å². The third kappa shape index (κ3) is 3.25. The predicted octanol–water partition coefficient (Wildman–Crippen LogP) is 0.796. The van der Waals surface area contributed by atoms with Crippen LogP contribution in [0.2, 0.25) is 0 Å². The van der Waals surface area contributed by atoms with Crippen LogP contribution in [0.3, 0.4) is 0 Å². The van der Waals surface area contributed by atoms with Crippen LogP contribution in [0.5, 0.6) is 0 Å². The molecule has 2 heterocycles. The maximum absolute atomic E-state index is 11.8. The standard InChI is InChI=1S/C11H13N5OS/c12-16-10-7-13-6-9(15-10)11(17)14-4-3-8-2-1-5-18-8/h1-2,5-7H,3-4,12H2,(H,14,17)(H,15,16). The number of nitrogens with zero attached hydrogens (tertiary/aromatic N) is 2. The van der Waals surface area contributed by atoms with Gasteiger partial charge < -0.3 is 10.7 Å². The van der Waals surface area contributed by atoms with Crippen molar-refractivity contribution in [1.82, 2.24) is 15.3 Å². The van der Waals surface area contributed by atoms with Crippen LogP contribution in [0.25, 0.3) is 0 Å². The topological polar surface area (TPSA) is 92.9 Å². The summed E-state index contributed by atoms with van der Waals surface area (Å²) in [7, 11) is 0. The smallest absolute Gasteiger partial charge is 0.271 e. The van der Waals surface area contributed by atoms with Gasteiger partial charge in [0.25, 0.3) is 5.91 Å². The Morgan fingerprint density at radius 3 is 3.06 bits per heavy atom. The number of thiophene rings is 1. The quantitative estimate of drug-likeness (QED) is 0.548. The second-order valence-electron chi connectivity index (χ2n) is 3.52. The molecule has 6 nitrogen and oxygen atoms in total. The summed E-state index contributed by atoms with van der Waals surface area (Å²) >= 11 is 1.67. The molecule has 0 atom stereocenters. The zero-order valence-electron chi connectivity index (χ0n) is 9.59. The number of hydrazine groups is 1. The monoisotopic (exact) mass is 263 g/mol. The fourth-order valence-electron chi connectivity index (χ4n) is 1.39. The maximum atomic E-state index is 11.8. The van der Waals surface area contributed by atoms with Crippen molar-refractivity contribution in [3.63, 3.8) is 0 Å². The van der Waals surface area contributed by atoms with Gasteiger partial charge in [0, 0.05) is 11.4 Å². The van der Waals surface area contributed by atoms with Gasteiger partial charge in [0.1, 0.15) is 5.69 Å². The lowest BCUT2D eigenvalue weighted by Gasteiger charge is -2.04. The highest BCUT2D eigenvalue weighted by atomic mass is 32.1. The number of nitrogens with one attached hydrogen (secondary N) is 2. The third-order valence-electron chi connectivity index (χ3n) is 2.25. The number of hydrogen-bond acceptors (Lipinski definition) is 6. The molecule has 18 heavy (non-hydrogen) atoms. The Kier molecular flexibility index (Phi) is 4.21. The highest BCUT2D eigenvalue weighted by Crippen LogP contribution is 2.08. The number of carbonyl (C=O) groups excluding carboxylic acids is 1. The molecule has 0 aromatic carbocycles. The molecule has 94 valence electrons. The Morgan fingerprint density at radius 2 is 2.33 bits per heavy atom. The third-order valence-corrected chi connectivity index (χ3v) is 3.19. The zero-order chi connectivity index (χ0) is 12.8. The molecule has 2 rings (SSSR count). The molecule has 4 N–H and O–H groups in total. The van der Waals surface area contributed by atoms with Crippen LogP contribution in [0.15, 0.2) is 29.9 Å². The summed E-state index contributed by atoms with van der Waals surface area (Å²) in [5, 5.41) is 4.80. The Bertz CT molecular complexity index is 514. The first-order chi connectivity index (χ1) is 8.79. The lowest BCUT2D eigenvalue weighted by atomic mass is 10.3. The molecule has 7 heteroatoms. The number of carbonyl (C=O) groups is 1. The summed E-state index contributed by atoms with van der Waals surface area (Å²) in [6, 6.07) is 4.03. The molecule has 0 saturated carbocycles. The number of amides is 1. The van der Waals surface area contributed by atoms with Gasteiger partial charge in [-0.1, -0.05) is 6.07 Å².